The van der Waals surface area contributed by atoms with Crippen molar-refractivity contribution in [2.24, 2.45) is 0 Å². The van der Waals surface area contributed by atoms with Crippen molar-refractivity contribution in [1.29, 1.82) is 0 Å². The largest absolute Gasteiger partial charge is 0.343 e. The molecule has 56 valence electrons. The van der Waals surface area contributed by atoms with Crippen LogP contribution in [0.5, 0.6) is 0 Å². The summed E-state index contributed by atoms with van der Waals surface area (Å²) in [6.07, 6.45) is 3.46. The van der Waals surface area contributed by atoms with Crippen molar-refractivity contribution in [3.63, 3.8) is 0 Å². The molecule has 0 amide bonds. The molecular formula is C8H14N2. The SMILES string of the molecule is C=Cc1ncc(C)[nH]1.CC. The average molecular weight is 138 g/mol. The van der Waals surface area contributed by atoms with Gasteiger partial charge in [0.05, 0.1) is 0 Å². The first-order valence-corrected chi connectivity index (χ1v) is 3.47. The van der Waals surface area contributed by atoms with Crippen LogP contribution in [0.15, 0.2) is 12.8 Å². The van der Waals surface area contributed by atoms with Crippen LogP contribution in [0.1, 0.15) is 25.4 Å². The van der Waals surface area contributed by atoms with Gasteiger partial charge in [-0.15, -0.1) is 0 Å². The Labute approximate surface area is 62.0 Å². The van der Waals surface area contributed by atoms with E-state index in [-0.39, 0.29) is 0 Å². The van der Waals surface area contributed by atoms with E-state index < -0.39 is 0 Å². The molecule has 1 aromatic heterocycles. The van der Waals surface area contributed by atoms with Crippen LogP contribution < -0.4 is 0 Å². The third-order valence-corrected chi connectivity index (χ3v) is 0.916. The molecule has 0 aliphatic heterocycles. The Morgan fingerprint density at radius 2 is 2.20 bits per heavy atom. The second-order valence-electron chi connectivity index (χ2n) is 1.66. The highest BCUT2D eigenvalue weighted by Crippen LogP contribution is 1.93. The highest BCUT2D eigenvalue weighted by Gasteiger charge is 1.86. The zero-order valence-corrected chi connectivity index (χ0v) is 6.81. The van der Waals surface area contributed by atoms with Crippen LogP contribution in [0.2, 0.25) is 0 Å². The summed E-state index contributed by atoms with van der Waals surface area (Å²) in [5.74, 6) is 0.836. The predicted molar refractivity (Wildman–Crippen MR) is 44.8 cm³/mol. The van der Waals surface area contributed by atoms with Gasteiger partial charge >= 0.3 is 0 Å². The summed E-state index contributed by atoms with van der Waals surface area (Å²) in [4.78, 5) is 6.96. The van der Waals surface area contributed by atoms with E-state index >= 15 is 0 Å². The number of imidazole rings is 1. The lowest BCUT2D eigenvalue weighted by Crippen LogP contribution is -1.71. The Morgan fingerprint density at radius 3 is 2.40 bits per heavy atom. The molecule has 1 N–H and O–H groups in total. The molecule has 1 rings (SSSR count). The minimum atomic E-state index is 0.836. The quantitative estimate of drug-likeness (QED) is 0.634. The average Bonchev–Trinajstić information content (AvgIpc) is 2.40. The van der Waals surface area contributed by atoms with Crippen LogP contribution in [-0.2, 0) is 0 Å². The number of H-pyrrole nitrogens is 1. The number of aryl methyl sites for hydroxylation is 1. The summed E-state index contributed by atoms with van der Waals surface area (Å²) in [5.41, 5.74) is 1.07. The van der Waals surface area contributed by atoms with Crippen LogP contribution >= 0.6 is 0 Å². The highest BCUT2D eigenvalue weighted by molar-refractivity contribution is 5.35. The molecule has 10 heavy (non-hydrogen) atoms. The zero-order chi connectivity index (χ0) is 7.98. The lowest BCUT2D eigenvalue weighted by atomic mass is 10.6. The fraction of sp³-hybridized carbons (Fsp3) is 0.375. The molecule has 2 heteroatoms. The lowest BCUT2D eigenvalue weighted by Gasteiger charge is -1.77. The molecule has 0 bridgehead atoms. The van der Waals surface area contributed by atoms with Crippen molar-refractivity contribution in [2.75, 3.05) is 0 Å². The third-order valence-electron chi connectivity index (χ3n) is 0.916. The minimum absolute atomic E-state index is 0.836. The molecule has 0 aliphatic carbocycles. The van der Waals surface area contributed by atoms with Gasteiger partial charge in [0, 0.05) is 11.9 Å². The van der Waals surface area contributed by atoms with E-state index in [0.29, 0.717) is 0 Å². The first-order valence-electron chi connectivity index (χ1n) is 3.47. The van der Waals surface area contributed by atoms with Crippen molar-refractivity contribution < 1.29 is 0 Å². The molecule has 0 atom stereocenters. The topological polar surface area (TPSA) is 28.7 Å². The van der Waals surface area contributed by atoms with E-state index in [1.807, 2.05) is 20.8 Å². The van der Waals surface area contributed by atoms with Crippen molar-refractivity contribution in [3.05, 3.63) is 24.3 Å². The summed E-state index contributed by atoms with van der Waals surface area (Å²) in [7, 11) is 0. The van der Waals surface area contributed by atoms with E-state index in [4.69, 9.17) is 0 Å². The van der Waals surface area contributed by atoms with Gasteiger partial charge in [0.15, 0.2) is 0 Å². The molecule has 1 aromatic rings. The number of rotatable bonds is 1. The first kappa shape index (κ1) is 8.95. The van der Waals surface area contributed by atoms with Crippen LogP contribution in [0, 0.1) is 6.92 Å². The Balaban J connectivity index is 0.000000371. The van der Waals surface area contributed by atoms with Gasteiger partial charge in [-0.3, -0.25) is 0 Å². The standard InChI is InChI=1S/C6H8N2.C2H6/c1-3-6-7-4-5(2)8-6;1-2/h3-4H,1H2,2H3,(H,7,8);1-2H3. The van der Waals surface area contributed by atoms with E-state index in [0.717, 1.165) is 11.5 Å². The van der Waals surface area contributed by atoms with Gasteiger partial charge in [0.25, 0.3) is 0 Å². The molecule has 0 unspecified atom stereocenters. The number of nitrogens with one attached hydrogen (secondary N) is 1. The third kappa shape index (κ3) is 2.49. The number of aromatic nitrogens is 2. The number of nitrogens with zero attached hydrogens (tertiary/aromatic N) is 1. The van der Waals surface area contributed by atoms with Gasteiger partial charge in [0.1, 0.15) is 5.82 Å². The molecule has 0 aliphatic rings. The van der Waals surface area contributed by atoms with E-state index in [1.54, 1.807) is 12.3 Å². The lowest BCUT2D eigenvalue weighted by molar-refractivity contribution is 1.22. The maximum atomic E-state index is 3.96. The van der Waals surface area contributed by atoms with E-state index in [9.17, 15) is 0 Å². The summed E-state index contributed by atoms with van der Waals surface area (Å²) in [6, 6.07) is 0. The number of hydrogen-bond acceptors (Lipinski definition) is 1. The molecule has 0 saturated carbocycles. The number of hydrogen-bond donors (Lipinski definition) is 1. The first-order chi connectivity index (χ1) is 4.83. The summed E-state index contributed by atoms with van der Waals surface area (Å²) in [5, 5.41) is 0. The highest BCUT2D eigenvalue weighted by atomic mass is 14.9. The smallest absolute Gasteiger partial charge is 0.129 e. The normalized spacial score (nSPS) is 7.90. The van der Waals surface area contributed by atoms with Crippen LogP contribution in [0.4, 0.5) is 0 Å². The van der Waals surface area contributed by atoms with Crippen molar-refractivity contribution in [3.8, 4) is 0 Å². The molecule has 0 saturated heterocycles. The van der Waals surface area contributed by atoms with Crippen molar-refractivity contribution >= 4 is 6.08 Å². The second-order valence-corrected chi connectivity index (χ2v) is 1.66. The van der Waals surface area contributed by atoms with Gasteiger partial charge in [0.2, 0.25) is 0 Å². The fourth-order valence-electron chi connectivity index (χ4n) is 0.537. The Bertz CT molecular complexity index is 189. The van der Waals surface area contributed by atoms with Gasteiger partial charge in [-0.2, -0.15) is 0 Å². The summed E-state index contributed by atoms with van der Waals surface area (Å²) < 4.78 is 0. The predicted octanol–water partition coefficient (Wildman–Crippen LogP) is 2.39. The summed E-state index contributed by atoms with van der Waals surface area (Å²) >= 11 is 0. The van der Waals surface area contributed by atoms with E-state index in [2.05, 4.69) is 16.5 Å². The minimum Gasteiger partial charge on any atom is -0.343 e. The van der Waals surface area contributed by atoms with Crippen LogP contribution in [0.3, 0.4) is 0 Å². The van der Waals surface area contributed by atoms with Gasteiger partial charge in [-0.05, 0) is 13.0 Å². The van der Waals surface area contributed by atoms with E-state index in [1.165, 1.54) is 0 Å². The Morgan fingerprint density at radius 1 is 1.60 bits per heavy atom. The molecule has 0 aromatic carbocycles. The maximum absolute atomic E-state index is 3.96. The zero-order valence-electron chi connectivity index (χ0n) is 6.81. The molecule has 1 heterocycles. The maximum Gasteiger partial charge on any atom is 0.129 e. The second kappa shape index (κ2) is 4.79. The monoisotopic (exact) mass is 138 g/mol. The van der Waals surface area contributed by atoms with Crippen molar-refractivity contribution in [1.82, 2.24) is 9.97 Å². The molecule has 2 nitrogen and oxygen atoms in total. The van der Waals surface area contributed by atoms with Gasteiger partial charge in [-0.1, -0.05) is 20.4 Å². The fourth-order valence-corrected chi connectivity index (χ4v) is 0.537. The van der Waals surface area contributed by atoms with Crippen LogP contribution in [-0.4, -0.2) is 9.97 Å². The van der Waals surface area contributed by atoms with Gasteiger partial charge in [-0.25, -0.2) is 4.98 Å². The van der Waals surface area contributed by atoms with Crippen molar-refractivity contribution in [2.45, 2.75) is 20.8 Å². The van der Waals surface area contributed by atoms with Gasteiger partial charge < -0.3 is 4.98 Å². The van der Waals surface area contributed by atoms with Crippen LogP contribution in [0.25, 0.3) is 6.08 Å². The molecule has 0 fully saturated rings. The Kier molecular flexibility index (Phi) is 4.29. The number of aromatic amines is 1. The molecular weight excluding hydrogens is 124 g/mol. The molecule has 0 radical (unpaired) electrons. The Hall–Kier alpha value is -1.05. The molecule has 0 spiro atoms. The summed E-state index contributed by atoms with van der Waals surface area (Å²) in [6.45, 7) is 9.51.